The Kier molecular flexibility index (Phi) is 6.87. The van der Waals surface area contributed by atoms with Crippen LogP contribution in [-0.2, 0) is 0 Å². The third-order valence-corrected chi connectivity index (χ3v) is 4.05. The summed E-state index contributed by atoms with van der Waals surface area (Å²) < 4.78 is 11.0. The molecule has 0 spiro atoms. The lowest BCUT2D eigenvalue weighted by Crippen LogP contribution is -2.31. The minimum Gasteiger partial charge on any atom is -0.467 e. The van der Waals surface area contributed by atoms with Gasteiger partial charge in [-0.2, -0.15) is 15.1 Å². The first kappa shape index (κ1) is 20.7. The summed E-state index contributed by atoms with van der Waals surface area (Å²) in [5.74, 6) is 0.536. The standard InChI is InChI=1S/C17H21N9O4/c1-29-16-20-15(25-8-3-2-4-9-25)21-17(22-16)30-13-7-5-6-12(10-13)11-19-23-14(18)24-26(27)28/h5-7,10-11H,2-4,8-9H2,1H3,(H3,18,23,24)/b19-11-. The van der Waals surface area contributed by atoms with Crippen LogP contribution in [0.2, 0.25) is 0 Å². The second kappa shape index (κ2) is 9.95. The predicted molar refractivity (Wildman–Crippen MR) is 108 cm³/mol. The third-order valence-electron chi connectivity index (χ3n) is 4.05. The molecule has 0 radical (unpaired) electrons. The molecule has 0 unspecified atom stereocenters. The largest absolute Gasteiger partial charge is 0.467 e. The number of nitrogens with one attached hydrogen (secondary N) is 1. The molecule has 13 heteroatoms. The second-order valence-corrected chi connectivity index (χ2v) is 6.22. The zero-order chi connectivity index (χ0) is 21.3. The number of nitrogens with zero attached hydrogens (tertiary/aromatic N) is 7. The van der Waals surface area contributed by atoms with Crippen molar-refractivity contribution in [3.63, 3.8) is 0 Å². The number of guanidine groups is 1. The molecule has 30 heavy (non-hydrogen) atoms. The van der Waals surface area contributed by atoms with Crippen molar-refractivity contribution in [2.24, 2.45) is 15.9 Å². The van der Waals surface area contributed by atoms with E-state index in [1.54, 1.807) is 24.3 Å². The van der Waals surface area contributed by atoms with Crippen LogP contribution in [-0.4, -0.2) is 52.4 Å². The van der Waals surface area contributed by atoms with Gasteiger partial charge >= 0.3 is 12.0 Å². The smallest absolute Gasteiger partial charge is 0.330 e. The Morgan fingerprint density at radius 2 is 2.03 bits per heavy atom. The Bertz CT molecular complexity index is 945. The van der Waals surface area contributed by atoms with Crippen LogP contribution >= 0.6 is 0 Å². The van der Waals surface area contributed by atoms with Gasteiger partial charge in [0.05, 0.1) is 13.3 Å². The van der Waals surface area contributed by atoms with Crippen LogP contribution in [0.1, 0.15) is 24.8 Å². The van der Waals surface area contributed by atoms with Gasteiger partial charge in [0, 0.05) is 13.1 Å². The van der Waals surface area contributed by atoms with E-state index in [9.17, 15) is 10.1 Å². The molecule has 13 nitrogen and oxygen atoms in total. The van der Waals surface area contributed by atoms with E-state index in [0.717, 1.165) is 25.9 Å². The number of methoxy groups -OCH3 is 1. The van der Waals surface area contributed by atoms with Gasteiger partial charge in [0.15, 0.2) is 5.03 Å². The van der Waals surface area contributed by atoms with Crippen molar-refractivity contribution in [2.45, 2.75) is 19.3 Å². The van der Waals surface area contributed by atoms with Crippen LogP contribution < -0.4 is 25.5 Å². The number of piperidine rings is 1. The molecule has 0 saturated carbocycles. The van der Waals surface area contributed by atoms with Gasteiger partial charge in [-0.1, -0.05) is 12.1 Å². The molecule has 0 aliphatic carbocycles. The average Bonchev–Trinajstić information content (AvgIpc) is 2.74. The summed E-state index contributed by atoms with van der Waals surface area (Å²) in [6.07, 6.45) is 4.75. The van der Waals surface area contributed by atoms with E-state index < -0.39 is 11.0 Å². The molecule has 158 valence electrons. The fourth-order valence-corrected chi connectivity index (χ4v) is 2.75. The highest BCUT2D eigenvalue weighted by molar-refractivity contribution is 5.83. The van der Waals surface area contributed by atoms with E-state index in [0.29, 0.717) is 17.3 Å². The molecule has 1 saturated heterocycles. The molecule has 0 amide bonds. The molecule has 0 bridgehead atoms. The maximum absolute atomic E-state index is 10.2. The number of anilines is 1. The molecular weight excluding hydrogens is 394 g/mol. The molecule has 1 aliphatic heterocycles. The summed E-state index contributed by atoms with van der Waals surface area (Å²) in [7, 11) is 1.48. The van der Waals surface area contributed by atoms with Gasteiger partial charge in [0.2, 0.25) is 5.95 Å². The normalized spacial score (nSPS) is 14.6. The molecule has 2 heterocycles. The number of hydrogen-bond donors (Lipinski definition) is 2. The van der Waals surface area contributed by atoms with Crippen LogP contribution in [0.4, 0.5) is 5.95 Å². The first-order chi connectivity index (χ1) is 14.5. The lowest BCUT2D eigenvalue weighted by atomic mass is 10.1. The van der Waals surface area contributed by atoms with Gasteiger partial charge in [-0.15, -0.1) is 4.98 Å². The Balaban J connectivity index is 1.73. The quantitative estimate of drug-likeness (QED) is 0.289. The van der Waals surface area contributed by atoms with Crippen molar-refractivity contribution < 1.29 is 14.5 Å². The van der Waals surface area contributed by atoms with Crippen LogP contribution in [0, 0.1) is 10.1 Å². The predicted octanol–water partition coefficient (Wildman–Crippen LogP) is 1.09. The van der Waals surface area contributed by atoms with Crippen LogP contribution in [0.25, 0.3) is 0 Å². The van der Waals surface area contributed by atoms with Crippen LogP contribution in [0.15, 0.2) is 34.5 Å². The lowest BCUT2D eigenvalue weighted by Gasteiger charge is -2.26. The zero-order valence-electron chi connectivity index (χ0n) is 16.3. The molecule has 0 atom stereocenters. The first-order valence-electron chi connectivity index (χ1n) is 9.14. The van der Waals surface area contributed by atoms with E-state index >= 15 is 0 Å². The monoisotopic (exact) mass is 415 g/mol. The Morgan fingerprint density at radius 1 is 1.27 bits per heavy atom. The highest BCUT2D eigenvalue weighted by Gasteiger charge is 2.17. The number of benzene rings is 1. The van der Waals surface area contributed by atoms with E-state index in [1.807, 2.05) is 0 Å². The van der Waals surface area contributed by atoms with Gasteiger partial charge in [-0.25, -0.2) is 15.5 Å². The maximum atomic E-state index is 10.2. The van der Waals surface area contributed by atoms with E-state index in [4.69, 9.17) is 15.2 Å². The van der Waals surface area contributed by atoms with Gasteiger partial charge < -0.3 is 20.1 Å². The molecule has 1 aliphatic rings. The second-order valence-electron chi connectivity index (χ2n) is 6.22. The summed E-state index contributed by atoms with van der Waals surface area (Å²) in [4.78, 5) is 25.2. The van der Waals surface area contributed by atoms with Crippen molar-refractivity contribution in [2.75, 3.05) is 25.1 Å². The number of hydrogen-bond acceptors (Lipinski definition) is 9. The SMILES string of the molecule is COc1nc(Oc2cccc(/C=N\N/C(N)=N\[N+](=O)[O-])c2)nc(N2CCCCC2)n1. The number of rotatable bonds is 7. The van der Waals surface area contributed by atoms with Gasteiger partial charge in [-0.3, -0.25) is 0 Å². The summed E-state index contributed by atoms with van der Waals surface area (Å²) in [5, 5.41) is 16.0. The van der Waals surface area contributed by atoms with Gasteiger partial charge in [0.1, 0.15) is 10.9 Å². The number of hydrazone groups is 2. The van der Waals surface area contributed by atoms with Crippen molar-refractivity contribution in [1.29, 1.82) is 0 Å². The summed E-state index contributed by atoms with van der Waals surface area (Å²) in [5.41, 5.74) is 8.19. The average molecular weight is 415 g/mol. The summed E-state index contributed by atoms with van der Waals surface area (Å²) in [6.45, 7) is 1.74. The van der Waals surface area contributed by atoms with Crippen molar-refractivity contribution in [1.82, 2.24) is 20.4 Å². The molecular formula is C17H21N9O4. The minimum absolute atomic E-state index is 0.108. The highest BCUT2D eigenvalue weighted by Crippen LogP contribution is 2.24. The van der Waals surface area contributed by atoms with E-state index in [1.165, 1.54) is 19.7 Å². The molecule has 2 aromatic rings. The van der Waals surface area contributed by atoms with Gasteiger partial charge in [0.25, 0.3) is 5.96 Å². The first-order valence-corrected chi connectivity index (χ1v) is 9.14. The molecule has 3 N–H and O–H groups in total. The summed E-state index contributed by atoms with van der Waals surface area (Å²) >= 11 is 0. The van der Waals surface area contributed by atoms with Gasteiger partial charge in [-0.05, 0) is 37.0 Å². The fourth-order valence-electron chi connectivity index (χ4n) is 2.75. The van der Waals surface area contributed by atoms with E-state index in [-0.39, 0.29) is 12.0 Å². The Hall–Kier alpha value is -4.03. The van der Waals surface area contributed by atoms with E-state index in [2.05, 4.69) is 35.5 Å². The van der Waals surface area contributed by atoms with Crippen molar-refractivity contribution in [3.8, 4) is 17.8 Å². The third kappa shape index (κ3) is 5.98. The van der Waals surface area contributed by atoms with Crippen molar-refractivity contribution >= 4 is 18.1 Å². The fraction of sp³-hybridized carbons (Fsp3) is 0.353. The number of nitrogens with two attached hydrogens (primary N) is 1. The number of nitro groups is 1. The molecule has 1 aromatic heterocycles. The maximum Gasteiger partial charge on any atom is 0.330 e. The highest BCUT2D eigenvalue weighted by atomic mass is 16.7. The Morgan fingerprint density at radius 3 is 2.77 bits per heavy atom. The topological polar surface area (TPSA) is 166 Å². The molecule has 1 fully saturated rings. The van der Waals surface area contributed by atoms with Crippen molar-refractivity contribution in [3.05, 3.63) is 39.9 Å². The Labute approximate surface area is 171 Å². The molecule has 3 rings (SSSR count). The lowest BCUT2D eigenvalue weighted by molar-refractivity contribution is -0.485. The number of ether oxygens (including phenoxy) is 2. The van der Waals surface area contributed by atoms with Crippen LogP contribution in [0.3, 0.4) is 0 Å². The van der Waals surface area contributed by atoms with Crippen LogP contribution in [0.5, 0.6) is 17.8 Å². The number of aromatic nitrogens is 3. The minimum atomic E-state index is -0.923. The molecule has 1 aromatic carbocycles. The zero-order valence-corrected chi connectivity index (χ0v) is 16.3. The summed E-state index contributed by atoms with van der Waals surface area (Å²) in [6, 6.07) is 7.19.